The van der Waals surface area contributed by atoms with Crippen molar-refractivity contribution in [2.45, 2.75) is 31.7 Å². The number of nitrogens with one attached hydrogen (secondary N) is 2. The average molecular weight is 492 g/mol. The molecular weight excluding hydrogens is 462 g/mol. The molecule has 2 aliphatic heterocycles. The number of pyridine rings is 1. The summed E-state index contributed by atoms with van der Waals surface area (Å²) in [5.41, 5.74) is 6.94. The zero-order valence-corrected chi connectivity index (χ0v) is 20.6. The Bertz CT molecular complexity index is 1410. The summed E-state index contributed by atoms with van der Waals surface area (Å²) < 4.78 is 12.5. The maximum absolute atomic E-state index is 12.9. The quantitative estimate of drug-likeness (QED) is 0.381. The van der Waals surface area contributed by atoms with E-state index in [4.69, 9.17) is 9.47 Å². The van der Waals surface area contributed by atoms with E-state index in [1.54, 1.807) is 6.20 Å². The predicted octanol–water partition coefficient (Wildman–Crippen LogP) is 5.59. The number of anilines is 1. The van der Waals surface area contributed by atoms with Crippen LogP contribution in [0.15, 0.2) is 91.3 Å². The Hall–Kier alpha value is -4.00. The van der Waals surface area contributed by atoms with Crippen molar-refractivity contribution < 1.29 is 14.3 Å². The third-order valence-electron chi connectivity index (χ3n) is 6.98. The van der Waals surface area contributed by atoms with Gasteiger partial charge in [0.05, 0.1) is 13.0 Å². The highest BCUT2D eigenvalue weighted by Gasteiger charge is 2.38. The first-order valence-electron chi connectivity index (χ1n) is 12.7. The number of piperidine rings is 1. The van der Waals surface area contributed by atoms with Crippen LogP contribution in [0.4, 0.5) is 5.69 Å². The van der Waals surface area contributed by atoms with Gasteiger partial charge in [0.1, 0.15) is 5.75 Å². The number of ether oxygens (including phenoxy) is 2. The number of fused-ring (bicyclic) bond motifs is 1. The van der Waals surface area contributed by atoms with Crippen LogP contribution in [0.2, 0.25) is 0 Å². The molecule has 0 bridgehead atoms. The van der Waals surface area contributed by atoms with E-state index in [1.165, 1.54) is 0 Å². The molecule has 1 spiro atoms. The Morgan fingerprint density at radius 2 is 1.68 bits per heavy atom. The van der Waals surface area contributed by atoms with E-state index in [2.05, 4.69) is 27.8 Å². The lowest BCUT2D eigenvalue weighted by Crippen LogP contribution is -2.49. The second kappa shape index (κ2) is 10.2. The van der Waals surface area contributed by atoms with Crippen molar-refractivity contribution in [3.63, 3.8) is 0 Å². The fraction of sp³-hybridized carbons (Fsp3) is 0.226. The SMILES string of the molecule is O=C(Cc1cccc(-c2cccnc2)c1)Nc1cccc(-c2ccc3c(c2)COC2(CCNCC2)O3)c1. The third kappa shape index (κ3) is 5.26. The molecule has 0 unspecified atom stereocenters. The minimum absolute atomic E-state index is 0.0556. The van der Waals surface area contributed by atoms with Crippen LogP contribution < -0.4 is 15.4 Å². The highest BCUT2D eigenvalue weighted by molar-refractivity contribution is 5.93. The number of aromatic nitrogens is 1. The summed E-state index contributed by atoms with van der Waals surface area (Å²) in [5.74, 6) is 0.344. The van der Waals surface area contributed by atoms with E-state index in [1.807, 2.05) is 72.9 Å². The van der Waals surface area contributed by atoms with Crippen LogP contribution in [0, 0.1) is 0 Å². The van der Waals surface area contributed by atoms with Crippen molar-refractivity contribution >= 4 is 11.6 Å². The highest BCUT2D eigenvalue weighted by atomic mass is 16.7. The topological polar surface area (TPSA) is 72.5 Å². The number of carbonyl (C=O) groups excluding carboxylic acids is 1. The van der Waals surface area contributed by atoms with Gasteiger partial charge in [-0.3, -0.25) is 9.78 Å². The second-order valence-electron chi connectivity index (χ2n) is 9.62. The lowest BCUT2D eigenvalue weighted by molar-refractivity contribution is -0.218. The first kappa shape index (κ1) is 23.4. The molecule has 3 aromatic carbocycles. The number of hydrogen-bond donors (Lipinski definition) is 2. The zero-order valence-electron chi connectivity index (χ0n) is 20.6. The van der Waals surface area contributed by atoms with Crippen molar-refractivity contribution in [2.75, 3.05) is 18.4 Å². The monoisotopic (exact) mass is 491 g/mol. The van der Waals surface area contributed by atoms with Gasteiger partial charge in [0.25, 0.3) is 0 Å². The molecule has 0 aliphatic carbocycles. The lowest BCUT2D eigenvalue weighted by atomic mass is 9.99. The average Bonchev–Trinajstić information content (AvgIpc) is 2.94. The molecule has 37 heavy (non-hydrogen) atoms. The first-order valence-corrected chi connectivity index (χ1v) is 12.7. The van der Waals surface area contributed by atoms with Gasteiger partial charge in [-0.2, -0.15) is 0 Å². The van der Waals surface area contributed by atoms with Gasteiger partial charge in [-0.25, -0.2) is 0 Å². The Labute approximate surface area is 216 Å². The van der Waals surface area contributed by atoms with Crippen LogP contribution >= 0.6 is 0 Å². The summed E-state index contributed by atoms with van der Waals surface area (Å²) in [6, 6.07) is 26.1. The van der Waals surface area contributed by atoms with Crippen LogP contribution in [-0.2, 0) is 22.6 Å². The van der Waals surface area contributed by atoms with Crippen LogP contribution in [0.3, 0.4) is 0 Å². The summed E-state index contributed by atoms with van der Waals surface area (Å²) in [6.07, 6.45) is 5.58. The highest BCUT2D eigenvalue weighted by Crippen LogP contribution is 2.38. The van der Waals surface area contributed by atoms with E-state index >= 15 is 0 Å². The third-order valence-corrected chi connectivity index (χ3v) is 6.98. The van der Waals surface area contributed by atoms with Gasteiger partial charge in [-0.1, -0.05) is 48.5 Å². The van der Waals surface area contributed by atoms with Crippen molar-refractivity contribution in [3.8, 4) is 28.0 Å². The van der Waals surface area contributed by atoms with Gasteiger partial charge in [-0.15, -0.1) is 0 Å². The van der Waals surface area contributed by atoms with Crippen molar-refractivity contribution in [3.05, 3.63) is 102 Å². The van der Waals surface area contributed by atoms with Crippen LogP contribution in [0.5, 0.6) is 5.75 Å². The summed E-state index contributed by atoms with van der Waals surface area (Å²) in [5, 5.41) is 6.41. The maximum Gasteiger partial charge on any atom is 0.228 e. The van der Waals surface area contributed by atoms with E-state index in [0.29, 0.717) is 13.0 Å². The standard InChI is InChI=1S/C31H29N3O3/c35-30(17-22-4-1-5-23(16-22)26-7-3-13-33-20-26)34-28-8-2-6-24(19-28)25-9-10-29-27(18-25)21-36-31(37-29)11-14-32-15-12-31/h1-10,13,16,18-20,32H,11-12,14-15,17,21H2,(H,34,35). The normalized spacial score (nSPS) is 16.0. The Kier molecular flexibility index (Phi) is 6.43. The summed E-state index contributed by atoms with van der Waals surface area (Å²) in [4.78, 5) is 17.0. The van der Waals surface area contributed by atoms with Gasteiger partial charge >= 0.3 is 0 Å². The van der Waals surface area contributed by atoms with E-state index in [-0.39, 0.29) is 5.91 Å². The van der Waals surface area contributed by atoms with Crippen LogP contribution in [0.1, 0.15) is 24.0 Å². The number of benzene rings is 3. The van der Waals surface area contributed by atoms with E-state index in [0.717, 1.165) is 70.7 Å². The van der Waals surface area contributed by atoms with Gasteiger partial charge in [-0.05, 0) is 58.1 Å². The van der Waals surface area contributed by atoms with Gasteiger partial charge < -0.3 is 20.1 Å². The molecule has 0 atom stereocenters. The van der Waals surface area contributed by atoms with Crippen molar-refractivity contribution in [1.82, 2.24) is 10.3 Å². The van der Waals surface area contributed by atoms with E-state index in [9.17, 15) is 4.79 Å². The Balaban J connectivity index is 1.14. The summed E-state index contributed by atoms with van der Waals surface area (Å²) in [7, 11) is 0. The molecule has 1 aromatic heterocycles. The summed E-state index contributed by atoms with van der Waals surface area (Å²) >= 11 is 0. The molecule has 6 rings (SSSR count). The zero-order chi connectivity index (χ0) is 25.1. The van der Waals surface area contributed by atoms with Crippen LogP contribution in [-0.4, -0.2) is 29.8 Å². The number of hydrogen-bond acceptors (Lipinski definition) is 5. The molecule has 6 nitrogen and oxygen atoms in total. The molecule has 0 saturated carbocycles. The molecule has 2 N–H and O–H groups in total. The minimum Gasteiger partial charge on any atom is -0.462 e. The summed E-state index contributed by atoms with van der Waals surface area (Å²) in [6.45, 7) is 2.35. The maximum atomic E-state index is 12.9. The molecule has 186 valence electrons. The van der Waals surface area contributed by atoms with Gasteiger partial charge in [0.15, 0.2) is 0 Å². The molecule has 1 saturated heterocycles. The largest absolute Gasteiger partial charge is 0.462 e. The number of rotatable bonds is 5. The van der Waals surface area contributed by atoms with Gasteiger partial charge in [0.2, 0.25) is 11.7 Å². The predicted molar refractivity (Wildman–Crippen MR) is 144 cm³/mol. The molecule has 1 fully saturated rings. The number of carbonyl (C=O) groups is 1. The Morgan fingerprint density at radius 3 is 2.51 bits per heavy atom. The molecule has 1 amide bonds. The molecular formula is C31H29N3O3. The van der Waals surface area contributed by atoms with E-state index < -0.39 is 5.79 Å². The lowest BCUT2D eigenvalue weighted by Gasteiger charge is -2.41. The number of amides is 1. The molecule has 3 heterocycles. The first-order chi connectivity index (χ1) is 18.2. The van der Waals surface area contributed by atoms with Crippen molar-refractivity contribution in [2.24, 2.45) is 0 Å². The van der Waals surface area contributed by atoms with Crippen molar-refractivity contribution in [1.29, 1.82) is 0 Å². The number of nitrogens with zero attached hydrogens (tertiary/aromatic N) is 1. The fourth-order valence-corrected chi connectivity index (χ4v) is 5.03. The smallest absolute Gasteiger partial charge is 0.228 e. The molecule has 0 radical (unpaired) electrons. The second-order valence-corrected chi connectivity index (χ2v) is 9.62. The molecule has 2 aliphatic rings. The minimum atomic E-state index is -0.499. The Morgan fingerprint density at radius 1 is 0.892 bits per heavy atom. The fourth-order valence-electron chi connectivity index (χ4n) is 5.03. The molecule has 4 aromatic rings. The van der Waals surface area contributed by atoms with Gasteiger partial charge in [0, 0.05) is 49.6 Å². The molecule has 6 heteroatoms. The van der Waals surface area contributed by atoms with Crippen LogP contribution in [0.25, 0.3) is 22.3 Å².